The molecule has 1 N–H and O–H groups in total. The van der Waals surface area contributed by atoms with Crippen molar-refractivity contribution in [3.05, 3.63) is 42.4 Å². The van der Waals surface area contributed by atoms with E-state index in [1.54, 1.807) is 12.3 Å². The molecule has 19 heavy (non-hydrogen) atoms. The molecule has 0 aliphatic carbocycles. The minimum absolute atomic E-state index is 0.0893. The first-order valence-electron chi connectivity index (χ1n) is 5.38. The highest BCUT2D eigenvalue weighted by Gasteiger charge is 2.07. The number of hydrogen-bond acceptors (Lipinski definition) is 7. The Kier molecular flexibility index (Phi) is 4.09. The molecule has 2 aromatic rings. The zero-order valence-corrected chi connectivity index (χ0v) is 11.0. The summed E-state index contributed by atoms with van der Waals surface area (Å²) in [4.78, 5) is 7.87. The van der Waals surface area contributed by atoms with Crippen molar-refractivity contribution in [2.45, 2.75) is 6.92 Å². The monoisotopic (exact) mass is 273 g/mol. The Hall–Kier alpha value is -2.41. The van der Waals surface area contributed by atoms with Crippen LogP contribution in [0.1, 0.15) is 11.3 Å². The van der Waals surface area contributed by atoms with Crippen LogP contribution in [0, 0.1) is 6.92 Å². The van der Waals surface area contributed by atoms with E-state index in [-0.39, 0.29) is 5.75 Å². The van der Waals surface area contributed by atoms with E-state index in [0.717, 1.165) is 11.3 Å². The topological polar surface area (TPSA) is 83.1 Å². The smallest absolute Gasteiger partial charge is 0.174 e. The van der Waals surface area contributed by atoms with Gasteiger partial charge >= 0.3 is 0 Å². The fourth-order valence-electron chi connectivity index (χ4n) is 1.25. The van der Waals surface area contributed by atoms with Gasteiger partial charge in [0.25, 0.3) is 0 Å². The molecule has 7 heteroatoms. The number of rotatable bonds is 4. The van der Waals surface area contributed by atoms with Gasteiger partial charge in [-0.1, -0.05) is 6.58 Å². The van der Waals surface area contributed by atoms with Crippen molar-refractivity contribution in [2.24, 2.45) is 15.2 Å². The number of azo groups is 1. The molecule has 0 amide bonds. The Labute approximate surface area is 114 Å². The molecule has 0 saturated carbocycles. The maximum atomic E-state index is 9.12. The van der Waals surface area contributed by atoms with E-state index in [9.17, 15) is 0 Å². The van der Waals surface area contributed by atoms with Crippen molar-refractivity contribution in [3.8, 4) is 5.75 Å². The van der Waals surface area contributed by atoms with Crippen LogP contribution in [0.25, 0.3) is 0 Å². The lowest BCUT2D eigenvalue weighted by molar-refractivity contribution is 0.473. The Balaban J connectivity index is 2.25. The standard InChI is InChI=1S/C12H11N5OS/c1-3-13-7-10-8(2)17-19-12(10)16-15-11-5-4-9(18)6-14-11/h3-7,18H,1H2,2H3. The second-order valence-corrected chi connectivity index (χ2v) is 4.27. The van der Waals surface area contributed by atoms with Crippen molar-refractivity contribution in [1.82, 2.24) is 9.36 Å². The molecular formula is C12H11N5OS. The summed E-state index contributed by atoms with van der Waals surface area (Å²) in [5.74, 6) is 0.502. The largest absolute Gasteiger partial charge is 0.506 e. The SMILES string of the molecule is C=CN=Cc1c(C)nsc1N=Nc1ccc(O)cn1. The van der Waals surface area contributed by atoms with Gasteiger partial charge in [0.05, 0.1) is 17.5 Å². The Morgan fingerprint density at radius 1 is 1.37 bits per heavy atom. The van der Waals surface area contributed by atoms with Gasteiger partial charge in [-0.05, 0) is 30.6 Å². The zero-order chi connectivity index (χ0) is 13.7. The van der Waals surface area contributed by atoms with Gasteiger partial charge in [0, 0.05) is 12.4 Å². The first kappa shape index (κ1) is 13.0. The summed E-state index contributed by atoms with van der Waals surface area (Å²) in [5.41, 5.74) is 1.65. The second-order valence-electron chi connectivity index (χ2n) is 3.52. The summed E-state index contributed by atoms with van der Waals surface area (Å²) in [7, 11) is 0. The third kappa shape index (κ3) is 3.29. The first-order valence-corrected chi connectivity index (χ1v) is 6.15. The number of aryl methyl sites for hydroxylation is 1. The predicted octanol–water partition coefficient (Wildman–Crippen LogP) is 3.53. The lowest BCUT2D eigenvalue weighted by Gasteiger charge is -1.92. The third-order valence-electron chi connectivity index (χ3n) is 2.17. The van der Waals surface area contributed by atoms with Crippen LogP contribution in [0.5, 0.6) is 5.75 Å². The number of aliphatic imine (C=N–C) groups is 1. The van der Waals surface area contributed by atoms with Gasteiger partial charge in [0.2, 0.25) is 0 Å². The van der Waals surface area contributed by atoms with E-state index >= 15 is 0 Å². The number of aromatic hydroxyl groups is 1. The van der Waals surface area contributed by atoms with Crippen molar-refractivity contribution >= 4 is 28.6 Å². The predicted molar refractivity (Wildman–Crippen MR) is 74.7 cm³/mol. The minimum Gasteiger partial charge on any atom is -0.506 e. The van der Waals surface area contributed by atoms with Crippen LogP contribution in [0.3, 0.4) is 0 Å². The van der Waals surface area contributed by atoms with Gasteiger partial charge < -0.3 is 5.11 Å². The quantitative estimate of drug-likeness (QED) is 0.683. The first-order chi connectivity index (χ1) is 9.20. The van der Waals surface area contributed by atoms with E-state index in [1.807, 2.05) is 6.92 Å². The minimum atomic E-state index is 0.0893. The summed E-state index contributed by atoms with van der Waals surface area (Å²) in [6.07, 6.45) is 4.40. The summed E-state index contributed by atoms with van der Waals surface area (Å²) >= 11 is 1.24. The summed E-state index contributed by atoms with van der Waals surface area (Å²) in [5, 5.41) is 17.8. The molecule has 0 aromatic carbocycles. The highest BCUT2D eigenvalue weighted by Crippen LogP contribution is 2.27. The van der Waals surface area contributed by atoms with Crippen molar-refractivity contribution < 1.29 is 5.11 Å². The second kappa shape index (κ2) is 5.96. The van der Waals surface area contributed by atoms with E-state index in [4.69, 9.17) is 5.11 Å². The van der Waals surface area contributed by atoms with Gasteiger partial charge in [0.15, 0.2) is 10.8 Å². The normalized spacial score (nSPS) is 11.4. The molecule has 0 unspecified atom stereocenters. The molecule has 0 radical (unpaired) electrons. The summed E-state index contributed by atoms with van der Waals surface area (Å²) in [6, 6.07) is 3.07. The van der Waals surface area contributed by atoms with E-state index in [0.29, 0.717) is 10.8 Å². The maximum Gasteiger partial charge on any atom is 0.174 e. The zero-order valence-electron chi connectivity index (χ0n) is 10.2. The van der Waals surface area contributed by atoms with Gasteiger partial charge in [0.1, 0.15) is 5.75 Å². The fourth-order valence-corrected chi connectivity index (χ4v) is 1.94. The van der Waals surface area contributed by atoms with Crippen LogP contribution in [0.4, 0.5) is 10.8 Å². The Morgan fingerprint density at radius 2 is 2.21 bits per heavy atom. The van der Waals surface area contributed by atoms with Gasteiger partial charge in [-0.15, -0.1) is 10.2 Å². The van der Waals surface area contributed by atoms with Gasteiger partial charge in [-0.3, -0.25) is 4.99 Å². The molecule has 0 atom stereocenters. The van der Waals surface area contributed by atoms with Crippen LogP contribution in [-0.2, 0) is 0 Å². The Bertz CT molecular complexity index is 630. The molecule has 0 saturated heterocycles. The van der Waals surface area contributed by atoms with Crippen LogP contribution in [0.15, 0.2) is 46.3 Å². The molecule has 96 valence electrons. The lowest BCUT2D eigenvalue weighted by atomic mass is 10.3. The van der Waals surface area contributed by atoms with Crippen molar-refractivity contribution in [1.29, 1.82) is 0 Å². The van der Waals surface area contributed by atoms with E-state index in [1.165, 1.54) is 30.0 Å². The molecule has 0 fully saturated rings. The van der Waals surface area contributed by atoms with Crippen molar-refractivity contribution in [3.63, 3.8) is 0 Å². The average Bonchev–Trinajstić information content (AvgIpc) is 2.76. The summed E-state index contributed by atoms with van der Waals surface area (Å²) < 4.78 is 4.20. The Morgan fingerprint density at radius 3 is 2.89 bits per heavy atom. The molecule has 0 aliphatic heterocycles. The number of aromatic nitrogens is 2. The molecule has 2 aromatic heterocycles. The highest BCUT2D eigenvalue weighted by atomic mass is 32.1. The van der Waals surface area contributed by atoms with Gasteiger partial charge in [-0.25, -0.2) is 4.98 Å². The molecular weight excluding hydrogens is 262 g/mol. The fraction of sp³-hybridized carbons (Fsp3) is 0.0833. The molecule has 0 spiro atoms. The van der Waals surface area contributed by atoms with E-state index < -0.39 is 0 Å². The van der Waals surface area contributed by atoms with Gasteiger partial charge in [-0.2, -0.15) is 4.37 Å². The molecule has 2 rings (SSSR count). The molecule has 6 nitrogen and oxygen atoms in total. The molecule has 0 aliphatic rings. The lowest BCUT2D eigenvalue weighted by Crippen LogP contribution is -1.81. The van der Waals surface area contributed by atoms with Crippen LogP contribution >= 0.6 is 11.5 Å². The average molecular weight is 273 g/mol. The summed E-state index contributed by atoms with van der Waals surface area (Å²) in [6.45, 7) is 5.39. The van der Waals surface area contributed by atoms with Crippen LogP contribution < -0.4 is 0 Å². The van der Waals surface area contributed by atoms with E-state index in [2.05, 4.69) is 31.2 Å². The molecule has 2 heterocycles. The third-order valence-corrected chi connectivity index (χ3v) is 3.01. The molecule has 0 bridgehead atoms. The van der Waals surface area contributed by atoms with Crippen LogP contribution in [-0.4, -0.2) is 20.7 Å². The number of pyridine rings is 1. The number of nitrogens with zero attached hydrogens (tertiary/aromatic N) is 5. The number of hydrogen-bond donors (Lipinski definition) is 1. The maximum absolute atomic E-state index is 9.12. The van der Waals surface area contributed by atoms with Crippen LogP contribution in [0.2, 0.25) is 0 Å². The highest BCUT2D eigenvalue weighted by molar-refractivity contribution is 7.10. The van der Waals surface area contributed by atoms with Crippen molar-refractivity contribution in [2.75, 3.05) is 0 Å².